The van der Waals surface area contributed by atoms with Crippen molar-refractivity contribution in [3.63, 3.8) is 0 Å². The van der Waals surface area contributed by atoms with E-state index in [0.717, 1.165) is 24.8 Å². The molecule has 0 spiro atoms. The van der Waals surface area contributed by atoms with Crippen molar-refractivity contribution in [3.05, 3.63) is 64.4 Å². The zero-order chi connectivity index (χ0) is 21.8. The molecule has 2 aromatic carbocycles. The molecule has 0 aliphatic heterocycles. The van der Waals surface area contributed by atoms with E-state index in [1.165, 1.54) is 11.8 Å². The van der Waals surface area contributed by atoms with Crippen LogP contribution >= 0.6 is 11.8 Å². The maximum absolute atomic E-state index is 13.3. The van der Waals surface area contributed by atoms with Gasteiger partial charge < -0.3 is 5.32 Å². The highest BCUT2D eigenvalue weighted by Gasteiger charge is 2.33. The van der Waals surface area contributed by atoms with Gasteiger partial charge in [-0.15, -0.1) is 0 Å². The molecule has 0 unspecified atom stereocenters. The number of hydrogen-bond acceptors (Lipinski definition) is 5. The summed E-state index contributed by atoms with van der Waals surface area (Å²) in [6, 6.07) is 17.2. The van der Waals surface area contributed by atoms with E-state index in [-0.39, 0.29) is 17.2 Å². The van der Waals surface area contributed by atoms with E-state index in [4.69, 9.17) is 0 Å². The summed E-state index contributed by atoms with van der Waals surface area (Å²) in [7, 11) is 0. The minimum atomic E-state index is -0.774. The Balaban J connectivity index is 1.64. The van der Waals surface area contributed by atoms with Crippen molar-refractivity contribution >= 4 is 28.6 Å². The number of thioether (sulfide) groups is 1. The van der Waals surface area contributed by atoms with E-state index < -0.39 is 5.54 Å². The molecule has 7 heteroatoms. The van der Waals surface area contributed by atoms with Crippen LogP contribution in [0.2, 0.25) is 0 Å². The average molecular weight is 433 g/mol. The van der Waals surface area contributed by atoms with E-state index >= 15 is 0 Å². The summed E-state index contributed by atoms with van der Waals surface area (Å²) in [4.78, 5) is 30.6. The monoisotopic (exact) mass is 432 g/mol. The lowest BCUT2D eigenvalue weighted by Crippen LogP contribution is -2.49. The first-order valence-corrected chi connectivity index (χ1v) is 11.4. The Kier molecular flexibility index (Phi) is 6.10. The molecule has 0 atom stereocenters. The molecule has 6 nitrogen and oxygen atoms in total. The van der Waals surface area contributed by atoms with Gasteiger partial charge in [0.2, 0.25) is 5.91 Å². The van der Waals surface area contributed by atoms with Crippen LogP contribution in [0.25, 0.3) is 16.6 Å². The van der Waals surface area contributed by atoms with E-state index in [0.29, 0.717) is 34.6 Å². The Hall–Kier alpha value is -3.11. The maximum atomic E-state index is 13.3. The van der Waals surface area contributed by atoms with Crippen molar-refractivity contribution in [2.75, 3.05) is 5.75 Å². The Bertz CT molecular complexity index is 1200. The molecule has 1 N–H and O–H groups in total. The number of carbonyl (C=O) groups is 1. The summed E-state index contributed by atoms with van der Waals surface area (Å²) >= 11 is 1.21. The molecule has 1 amide bonds. The number of amides is 1. The van der Waals surface area contributed by atoms with Crippen LogP contribution in [0.15, 0.2) is 58.5 Å². The van der Waals surface area contributed by atoms with E-state index in [9.17, 15) is 14.9 Å². The van der Waals surface area contributed by atoms with Gasteiger partial charge in [0.1, 0.15) is 5.54 Å². The molecule has 1 aliphatic carbocycles. The van der Waals surface area contributed by atoms with Gasteiger partial charge in [0.25, 0.3) is 5.56 Å². The largest absolute Gasteiger partial charge is 0.337 e. The third-order valence-electron chi connectivity index (χ3n) is 5.67. The number of aryl methyl sites for hydroxylation is 1. The standard InChI is InChI=1S/C24H24N4O2S/c1-17-9-11-18(12-10-17)28-22(30)19-7-3-4-8-20(19)26-23(28)31-15-21(29)27-24(16-25)13-5-2-6-14-24/h3-4,7-12H,2,5-6,13-15H2,1H3,(H,27,29). The van der Waals surface area contributed by atoms with Crippen LogP contribution in [-0.2, 0) is 4.79 Å². The van der Waals surface area contributed by atoms with Gasteiger partial charge in [-0.25, -0.2) is 4.98 Å². The molecule has 0 saturated heterocycles. The average Bonchev–Trinajstić information content (AvgIpc) is 2.79. The highest BCUT2D eigenvalue weighted by molar-refractivity contribution is 7.99. The molecule has 31 heavy (non-hydrogen) atoms. The number of nitrogens with one attached hydrogen (secondary N) is 1. The first-order valence-electron chi connectivity index (χ1n) is 10.5. The van der Waals surface area contributed by atoms with Gasteiger partial charge in [-0.2, -0.15) is 5.26 Å². The second-order valence-electron chi connectivity index (χ2n) is 7.98. The van der Waals surface area contributed by atoms with Gasteiger partial charge in [0, 0.05) is 0 Å². The van der Waals surface area contributed by atoms with Crippen LogP contribution in [0.3, 0.4) is 0 Å². The van der Waals surface area contributed by atoms with Gasteiger partial charge in [-0.05, 0) is 44.0 Å². The van der Waals surface area contributed by atoms with Crippen LogP contribution in [0.5, 0.6) is 0 Å². The fourth-order valence-corrected chi connectivity index (χ4v) is 4.80. The summed E-state index contributed by atoms with van der Waals surface area (Å²) in [5.74, 6) is -0.133. The zero-order valence-electron chi connectivity index (χ0n) is 17.4. The molecule has 1 heterocycles. The SMILES string of the molecule is Cc1ccc(-n2c(SCC(=O)NC3(C#N)CCCCC3)nc3ccccc3c2=O)cc1. The van der Waals surface area contributed by atoms with Crippen molar-refractivity contribution in [1.82, 2.24) is 14.9 Å². The number of nitriles is 1. The lowest BCUT2D eigenvalue weighted by molar-refractivity contribution is -0.120. The Morgan fingerprint density at radius 3 is 2.58 bits per heavy atom. The van der Waals surface area contributed by atoms with Gasteiger partial charge in [-0.3, -0.25) is 14.2 Å². The Morgan fingerprint density at radius 2 is 1.87 bits per heavy atom. The minimum absolute atomic E-state index is 0.0834. The lowest BCUT2D eigenvalue weighted by Gasteiger charge is -2.31. The Labute approximate surface area is 185 Å². The quantitative estimate of drug-likeness (QED) is 0.484. The van der Waals surface area contributed by atoms with Crippen molar-refractivity contribution < 1.29 is 4.79 Å². The highest BCUT2D eigenvalue weighted by Crippen LogP contribution is 2.28. The number of fused-ring (bicyclic) bond motifs is 1. The smallest absolute Gasteiger partial charge is 0.266 e. The normalized spacial score (nSPS) is 15.4. The zero-order valence-corrected chi connectivity index (χ0v) is 18.2. The molecule has 1 saturated carbocycles. The summed E-state index contributed by atoms with van der Waals surface area (Å²) in [6.07, 6.45) is 4.35. The number of carbonyl (C=O) groups excluding carboxylic acids is 1. The van der Waals surface area contributed by atoms with Gasteiger partial charge >= 0.3 is 0 Å². The van der Waals surface area contributed by atoms with Gasteiger partial charge in [0.15, 0.2) is 5.16 Å². The van der Waals surface area contributed by atoms with Crippen LogP contribution in [0.4, 0.5) is 0 Å². The molecule has 0 bridgehead atoms. The minimum Gasteiger partial charge on any atom is -0.337 e. The van der Waals surface area contributed by atoms with Crippen LogP contribution in [-0.4, -0.2) is 26.8 Å². The second-order valence-corrected chi connectivity index (χ2v) is 8.92. The van der Waals surface area contributed by atoms with Crippen LogP contribution in [0, 0.1) is 18.3 Å². The predicted molar refractivity (Wildman–Crippen MR) is 122 cm³/mol. The molecule has 1 fully saturated rings. The predicted octanol–water partition coefficient (Wildman–Crippen LogP) is 4.13. The van der Waals surface area contributed by atoms with Crippen LogP contribution < -0.4 is 10.9 Å². The van der Waals surface area contributed by atoms with Gasteiger partial charge in [-0.1, -0.05) is 60.9 Å². The lowest BCUT2D eigenvalue weighted by atomic mass is 9.83. The number of benzene rings is 2. The molecule has 1 aliphatic rings. The first kappa shape index (κ1) is 21.1. The Morgan fingerprint density at radius 1 is 1.16 bits per heavy atom. The number of nitrogens with zero attached hydrogens (tertiary/aromatic N) is 3. The second kappa shape index (κ2) is 8.94. The van der Waals surface area contributed by atoms with Crippen molar-refractivity contribution in [3.8, 4) is 11.8 Å². The first-order chi connectivity index (χ1) is 15.0. The van der Waals surface area contributed by atoms with E-state index in [2.05, 4.69) is 16.4 Å². The highest BCUT2D eigenvalue weighted by atomic mass is 32.2. The number of para-hydroxylation sites is 1. The fourth-order valence-electron chi connectivity index (χ4n) is 3.98. The van der Waals surface area contributed by atoms with E-state index in [1.807, 2.05) is 43.3 Å². The summed E-state index contributed by atoms with van der Waals surface area (Å²) in [5.41, 5.74) is 1.45. The van der Waals surface area contributed by atoms with E-state index in [1.54, 1.807) is 16.7 Å². The molecular formula is C24H24N4O2S. The van der Waals surface area contributed by atoms with Crippen LogP contribution in [0.1, 0.15) is 37.7 Å². The summed E-state index contributed by atoms with van der Waals surface area (Å²) < 4.78 is 1.56. The summed E-state index contributed by atoms with van der Waals surface area (Å²) in [6.45, 7) is 1.99. The molecule has 3 aromatic rings. The van der Waals surface area contributed by atoms with Crippen molar-refractivity contribution in [2.45, 2.75) is 49.7 Å². The van der Waals surface area contributed by atoms with Crippen molar-refractivity contribution in [1.29, 1.82) is 5.26 Å². The molecule has 1 aromatic heterocycles. The summed E-state index contributed by atoms with van der Waals surface area (Å²) in [5, 5.41) is 13.5. The number of aromatic nitrogens is 2. The maximum Gasteiger partial charge on any atom is 0.266 e. The third-order valence-corrected chi connectivity index (χ3v) is 6.61. The third kappa shape index (κ3) is 4.49. The van der Waals surface area contributed by atoms with Gasteiger partial charge in [0.05, 0.1) is 28.4 Å². The molecule has 4 rings (SSSR count). The molecule has 158 valence electrons. The fraction of sp³-hybridized carbons (Fsp3) is 0.333. The molecular weight excluding hydrogens is 408 g/mol. The number of rotatable bonds is 5. The topological polar surface area (TPSA) is 87.8 Å². The molecule has 0 radical (unpaired) electrons. The number of hydrogen-bond donors (Lipinski definition) is 1. The van der Waals surface area contributed by atoms with Crippen molar-refractivity contribution in [2.24, 2.45) is 0 Å².